The average molecular weight is 408 g/mol. The Morgan fingerprint density at radius 1 is 1.17 bits per heavy atom. The fourth-order valence-electron chi connectivity index (χ4n) is 3.99. The summed E-state index contributed by atoms with van der Waals surface area (Å²) >= 11 is 0. The van der Waals surface area contributed by atoms with E-state index in [9.17, 15) is 4.79 Å². The van der Waals surface area contributed by atoms with E-state index in [1.807, 2.05) is 18.2 Å². The Morgan fingerprint density at radius 3 is 2.57 bits per heavy atom. The Morgan fingerprint density at radius 2 is 1.90 bits per heavy atom. The number of piperazine rings is 1. The van der Waals surface area contributed by atoms with Crippen molar-refractivity contribution in [2.45, 2.75) is 19.8 Å². The standard InChI is InChI=1S/C22H29N7O/c1-16-5-7-29(8-6-16)21-18(25-22(30)19-13-17(14-23)15-24-19)3-4-20(26-21)28-11-9-27(2)10-12-28/h3-4,13,15-16,24H,5-12H2,1-2H3,(H,25,30). The highest BCUT2D eigenvalue weighted by Gasteiger charge is 2.23. The molecule has 2 aromatic rings. The molecule has 4 heterocycles. The summed E-state index contributed by atoms with van der Waals surface area (Å²) in [6.07, 6.45) is 3.78. The van der Waals surface area contributed by atoms with Gasteiger partial charge in [-0.15, -0.1) is 0 Å². The first-order valence-electron chi connectivity index (χ1n) is 10.6. The van der Waals surface area contributed by atoms with Gasteiger partial charge in [0.05, 0.1) is 11.3 Å². The first-order valence-corrected chi connectivity index (χ1v) is 10.6. The van der Waals surface area contributed by atoms with Crippen LogP contribution in [0.3, 0.4) is 0 Å². The highest BCUT2D eigenvalue weighted by molar-refractivity contribution is 6.04. The van der Waals surface area contributed by atoms with Crippen molar-refractivity contribution in [3.05, 3.63) is 35.7 Å². The van der Waals surface area contributed by atoms with Crippen molar-refractivity contribution < 1.29 is 4.79 Å². The maximum Gasteiger partial charge on any atom is 0.272 e. The SMILES string of the molecule is CC1CCN(c2nc(N3CCN(C)CC3)ccc2NC(=O)c2cc(C#N)c[nH]2)CC1. The molecule has 0 bridgehead atoms. The third-order valence-electron chi connectivity index (χ3n) is 6.08. The Kier molecular flexibility index (Phi) is 5.91. The molecule has 2 fully saturated rings. The maximum atomic E-state index is 12.7. The second kappa shape index (κ2) is 8.76. The van der Waals surface area contributed by atoms with E-state index < -0.39 is 0 Å². The van der Waals surface area contributed by atoms with E-state index in [-0.39, 0.29) is 5.91 Å². The van der Waals surface area contributed by atoms with Crippen molar-refractivity contribution >= 4 is 23.2 Å². The van der Waals surface area contributed by atoms with Gasteiger partial charge in [0.25, 0.3) is 5.91 Å². The zero-order chi connectivity index (χ0) is 21.1. The molecule has 2 aromatic heterocycles. The molecule has 0 atom stereocenters. The number of rotatable bonds is 4. The van der Waals surface area contributed by atoms with Crippen molar-refractivity contribution in [3.8, 4) is 6.07 Å². The highest BCUT2D eigenvalue weighted by atomic mass is 16.1. The lowest BCUT2D eigenvalue weighted by atomic mass is 9.99. The number of carbonyl (C=O) groups excluding carboxylic acids is 1. The summed E-state index contributed by atoms with van der Waals surface area (Å²) in [4.78, 5) is 27.5. The van der Waals surface area contributed by atoms with Crippen LogP contribution in [-0.4, -0.2) is 67.1 Å². The molecule has 4 rings (SSSR count). The van der Waals surface area contributed by atoms with Gasteiger partial charge < -0.3 is 25.0 Å². The molecule has 0 aromatic carbocycles. The van der Waals surface area contributed by atoms with Crippen LogP contribution in [0.25, 0.3) is 0 Å². The molecule has 2 N–H and O–H groups in total. The Bertz CT molecular complexity index is 931. The predicted molar refractivity (Wildman–Crippen MR) is 118 cm³/mol. The smallest absolute Gasteiger partial charge is 0.272 e. The fourth-order valence-corrected chi connectivity index (χ4v) is 3.99. The largest absolute Gasteiger partial charge is 0.356 e. The minimum atomic E-state index is -0.266. The van der Waals surface area contributed by atoms with Crippen LogP contribution in [0.2, 0.25) is 0 Å². The second-order valence-corrected chi connectivity index (χ2v) is 8.37. The summed E-state index contributed by atoms with van der Waals surface area (Å²) in [7, 11) is 2.14. The first kappa shape index (κ1) is 20.2. The van der Waals surface area contributed by atoms with Gasteiger partial charge in [-0.25, -0.2) is 4.98 Å². The van der Waals surface area contributed by atoms with Gasteiger partial charge >= 0.3 is 0 Å². The minimum Gasteiger partial charge on any atom is -0.356 e. The van der Waals surface area contributed by atoms with Crippen LogP contribution >= 0.6 is 0 Å². The lowest BCUT2D eigenvalue weighted by Crippen LogP contribution is -2.45. The molecule has 8 heteroatoms. The number of aromatic amines is 1. The van der Waals surface area contributed by atoms with Gasteiger partial charge in [-0.3, -0.25) is 4.79 Å². The van der Waals surface area contributed by atoms with Gasteiger partial charge in [-0.2, -0.15) is 5.26 Å². The van der Waals surface area contributed by atoms with Gasteiger partial charge in [-0.1, -0.05) is 6.92 Å². The zero-order valence-corrected chi connectivity index (χ0v) is 17.7. The quantitative estimate of drug-likeness (QED) is 0.809. The Hall–Kier alpha value is -3.05. The van der Waals surface area contributed by atoms with Crippen LogP contribution < -0.4 is 15.1 Å². The van der Waals surface area contributed by atoms with E-state index in [0.29, 0.717) is 22.9 Å². The molecule has 2 aliphatic rings. The molecule has 0 spiro atoms. The number of anilines is 3. The van der Waals surface area contributed by atoms with Gasteiger partial charge in [0, 0.05) is 45.5 Å². The third kappa shape index (κ3) is 4.41. The van der Waals surface area contributed by atoms with E-state index in [0.717, 1.165) is 63.7 Å². The number of aromatic nitrogens is 2. The van der Waals surface area contributed by atoms with Gasteiger partial charge in [-0.05, 0) is 44.0 Å². The van der Waals surface area contributed by atoms with Crippen molar-refractivity contribution in [2.24, 2.45) is 5.92 Å². The topological polar surface area (TPSA) is 91.3 Å². The number of nitriles is 1. The maximum absolute atomic E-state index is 12.7. The van der Waals surface area contributed by atoms with Crippen molar-refractivity contribution in [1.82, 2.24) is 14.9 Å². The van der Waals surface area contributed by atoms with E-state index in [1.165, 1.54) is 6.20 Å². The molecule has 8 nitrogen and oxygen atoms in total. The monoisotopic (exact) mass is 407 g/mol. The normalized spacial score (nSPS) is 18.3. The molecular weight excluding hydrogens is 378 g/mol. The molecule has 2 aliphatic heterocycles. The summed E-state index contributed by atoms with van der Waals surface area (Å²) in [5, 5.41) is 12.0. The summed E-state index contributed by atoms with van der Waals surface area (Å²) < 4.78 is 0. The first-order chi connectivity index (χ1) is 14.5. The molecule has 0 aliphatic carbocycles. The number of pyridine rings is 1. The third-order valence-corrected chi connectivity index (χ3v) is 6.08. The second-order valence-electron chi connectivity index (χ2n) is 8.37. The van der Waals surface area contributed by atoms with Gasteiger partial charge in [0.2, 0.25) is 0 Å². The molecule has 2 saturated heterocycles. The highest BCUT2D eigenvalue weighted by Crippen LogP contribution is 2.31. The summed E-state index contributed by atoms with van der Waals surface area (Å²) in [6, 6.07) is 7.55. The Balaban J connectivity index is 1.59. The van der Waals surface area contributed by atoms with Crippen LogP contribution in [-0.2, 0) is 0 Å². The molecular formula is C22H29N7O. The summed E-state index contributed by atoms with van der Waals surface area (Å²) in [5.41, 5.74) is 1.52. The van der Waals surface area contributed by atoms with Crippen molar-refractivity contribution in [3.63, 3.8) is 0 Å². The number of piperidine rings is 1. The molecule has 0 unspecified atom stereocenters. The molecule has 158 valence electrons. The number of likely N-dealkylation sites (N-methyl/N-ethyl adjacent to an activating group) is 1. The van der Waals surface area contributed by atoms with E-state index in [4.69, 9.17) is 10.2 Å². The average Bonchev–Trinajstić information content (AvgIpc) is 3.25. The van der Waals surface area contributed by atoms with Crippen molar-refractivity contribution in [1.29, 1.82) is 5.26 Å². The summed E-state index contributed by atoms with van der Waals surface area (Å²) in [5.74, 6) is 2.24. The lowest BCUT2D eigenvalue weighted by Gasteiger charge is -2.35. The lowest BCUT2D eigenvalue weighted by molar-refractivity contribution is 0.102. The van der Waals surface area contributed by atoms with Crippen LogP contribution in [0.5, 0.6) is 0 Å². The number of hydrogen-bond acceptors (Lipinski definition) is 6. The van der Waals surface area contributed by atoms with E-state index in [1.54, 1.807) is 6.07 Å². The van der Waals surface area contributed by atoms with E-state index in [2.05, 4.69) is 39.0 Å². The fraction of sp³-hybridized carbons (Fsp3) is 0.500. The number of carbonyl (C=O) groups is 1. The minimum absolute atomic E-state index is 0.266. The predicted octanol–water partition coefficient (Wildman–Crippen LogP) is 2.52. The van der Waals surface area contributed by atoms with Crippen LogP contribution in [0.1, 0.15) is 35.8 Å². The number of amides is 1. The molecule has 1 amide bonds. The van der Waals surface area contributed by atoms with Crippen molar-refractivity contribution in [2.75, 3.05) is 61.4 Å². The van der Waals surface area contributed by atoms with Crippen LogP contribution in [0, 0.1) is 17.2 Å². The van der Waals surface area contributed by atoms with E-state index >= 15 is 0 Å². The molecule has 30 heavy (non-hydrogen) atoms. The van der Waals surface area contributed by atoms with Crippen LogP contribution in [0.4, 0.5) is 17.3 Å². The summed E-state index contributed by atoms with van der Waals surface area (Å²) in [6.45, 7) is 8.09. The number of nitrogens with zero attached hydrogens (tertiary/aromatic N) is 5. The van der Waals surface area contributed by atoms with Crippen LogP contribution in [0.15, 0.2) is 24.4 Å². The number of H-pyrrole nitrogens is 1. The molecule has 0 saturated carbocycles. The van der Waals surface area contributed by atoms with Gasteiger partial charge in [0.15, 0.2) is 5.82 Å². The number of hydrogen-bond donors (Lipinski definition) is 2. The Labute approximate surface area is 177 Å². The number of nitrogens with one attached hydrogen (secondary N) is 2. The molecule has 0 radical (unpaired) electrons. The van der Waals surface area contributed by atoms with Gasteiger partial charge in [0.1, 0.15) is 17.6 Å². The zero-order valence-electron chi connectivity index (χ0n) is 17.7.